The van der Waals surface area contributed by atoms with Crippen LogP contribution in [0.15, 0.2) is 60.8 Å². The Bertz CT molecular complexity index is 922. The van der Waals surface area contributed by atoms with E-state index in [-0.39, 0.29) is 17.0 Å². The molecule has 0 aliphatic heterocycles. The zero-order valence-corrected chi connectivity index (χ0v) is 12.7. The monoisotopic (exact) mass is 344 g/mol. The summed E-state index contributed by atoms with van der Waals surface area (Å²) in [5.41, 5.74) is 0.736. The second-order valence-electron chi connectivity index (χ2n) is 5.23. The second-order valence-corrected chi connectivity index (χ2v) is 5.23. The topological polar surface area (TPSA) is 63.1 Å². The standard InChI is InChI=1S/C18H11F3N2O2/c19-18(20,21)14-3-1-2-13(10-14)16-22-9-8-15(23-16)11-4-6-12(7-5-11)17(24)25/h1-10H,(H,24,25). The molecule has 4 nitrogen and oxygen atoms in total. The molecule has 0 atom stereocenters. The van der Waals surface area contributed by atoms with Crippen molar-refractivity contribution < 1.29 is 23.1 Å². The number of carboxylic acids is 1. The van der Waals surface area contributed by atoms with E-state index in [0.717, 1.165) is 12.1 Å². The lowest BCUT2D eigenvalue weighted by Gasteiger charge is -2.09. The Balaban J connectivity index is 1.98. The van der Waals surface area contributed by atoms with Gasteiger partial charge in [0.15, 0.2) is 5.82 Å². The minimum atomic E-state index is -4.44. The van der Waals surface area contributed by atoms with E-state index >= 15 is 0 Å². The summed E-state index contributed by atoms with van der Waals surface area (Å²) in [5.74, 6) is -0.884. The number of aromatic nitrogens is 2. The predicted molar refractivity (Wildman–Crippen MR) is 84.9 cm³/mol. The first-order valence-corrected chi connectivity index (χ1v) is 7.19. The van der Waals surface area contributed by atoms with E-state index in [1.54, 1.807) is 18.2 Å². The van der Waals surface area contributed by atoms with Crippen LogP contribution in [0.2, 0.25) is 0 Å². The Morgan fingerprint density at radius 2 is 1.68 bits per heavy atom. The average Bonchev–Trinajstić information content (AvgIpc) is 2.61. The lowest BCUT2D eigenvalue weighted by Crippen LogP contribution is -2.05. The van der Waals surface area contributed by atoms with Crippen LogP contribution in [-0.4, -0.2) is 21.0 Å². The van der Waals surface area contributed by atoms with Gasteiger partial charge in [-0.05, 0) is 30.3 Å². The van der Waals surface area contributed by atoms with Crippen LogP contribution in [0.25, 0.3) is 22.6 Å². The van der Waals surface area contributed by atoms with Crippen LogP contribution < -0.4 is 0 Å². The smallest absolute Gasteiger partial charge is 0.416 e. The molecule has 126 valence electrons. The first-order valence-electron chi connectivity index (χ1n) is 7.19. The highest BCUT2D eigenvalue weighted by Gasteiger charge is 2.30. The molecular weight excluding hydrogens is 333 g/mol. The molecule has 25 heavy (non-hydrogen) atoms. The van der Waals surface area contributed by atoms with Crippen LogP contribution in [0.5, 0.6) is 0 Å². The number of halogens is 3. The quantitative estimate of drug-likeness (QED) is 0.758. The van der Waals surface area contributed by atoms with Crippen molar-refractivity contribution in [2.24, 2.45) is 0 Å². The maximum absolute atomic E-state index is 12.8. The summed E-state index contributed by atoms with van der Waals surface area (Å²) in [6.45, 7) is 0. The fourth-order valence-electron chi connectivity index (χ4n) is 2.28. The van der Waals surface area contributed by atoms with Crippen molar-refractivity contribution in [2.75, 3.05) is 0 Å². The summed E-state index contributed by atoms with van der Waals surface area (Å²) in [6, 6.07) is 12.4. The molecule has 2 aromatic carbocycles. The van der Waals surface area contributed by atoms with Crippen molar-refractivity contribution in [2.45, 2.75) is 6.18 Å². The SMILES string of the molecule is O=C(O)c1ccc(-c2ccnc(-c3cccc(C(F)(F)F)c3)n2)cc1. The third-order valence-corrected chi connectivity index (χ3v) is 3.53. The summed E-state index contributed by atoms with van der Waals surface area (Å²) >= 11 is 0. The van der Waals surface area contributed by atoms with Gasteiger partial charge in [0.1, 0.15) is 0 Å². The number of carboxylic acid groups (broad SMARTS) is 1. The molecule has 7 heteroatoms. The third-order valence-electron chi connectivity index (χ3n) is 3.53. The maximum Gasteiger partial charge on any atom is 0.416 e. The van der Waals surface area contributed by atoms with Crippen LogP contribution >= 0.6 is 0 Å². The van der Waals surface area contributed by atoms with Gasteiger partial charge >= 0.3 is 12.1 Å². The van der Waals surface area contributed by atoms with Crippen LogP contribution in [0, 0.1) is 0 Å². The van der Waals surface area contributed by atoms with Crippen molar-refractivity contribution in [1.82, 2.24) is 9.97 Å². The molecule has 0 saturated carbocycles. The lowest BCUT2D eigenvalue weighted by atomic mass is 10.1. The summed E-state index contributed by atoms with van der Waals surface area (Å²) in [7, 11) is 0. The van der Waals surface area contributed by atoms with E-state index in [1.807, 2.05) is 0 Å². The molecule has 3 rings (SSSR count). The molecule has 3 aromatic rings. The number of hydrogen-bond acceptors (Lipinski definition) is 3. The molecule has 0 bridgehead atoms. The van der Waals surface area contributed by atoms with Gasteiger partial charge in [0.2, 0.25) is 0 Å². The highest BCUT2D eigenvalue weighted by Crippen LogP contribution is 2.31. The number of hydrogen-bond donors (Lipinski definition) is 1. The minimum Gasteiger partial charge on any atom is -0.478 e. The van der Waals surface area contributed by atoms with Crippen LogP contribution in [0.3, 0.4) is 0 Å². The molecule has 0 spiro atoms. The fraction of sp³-hybridized carbons (Fsp3) is 0.0556. The van der Waals surface area contributed by atoms with Crippen molar-refractivity contribution >= 4 is 5.97 Å². The van der Waals surface area contributed by atoms with Crippen LogP contribution in [-0.2, 0) is 6.18 Å². The molecule has 0 amide bonds. The Kier molecular flexibility index (Phi) is 4.22. The van der Waals surface area contributed by atoms with Crippen LogP contribution in [0.1, 0.15) is 15.9 Å². The number of benzene rings is 2. The zero-order valence-electron chi connectivity index (χ0n) is 12.7. The van der Waals surface area contributed by atoms with E-state index in [2.05, 4.69) is 9.97 Å². The Morgan fingerprint density at radius 3 is 2.32 bits per heavy atom. The van der Waals surface area contributed by atoms with Gasteiger partial charge in [-0.2, -0.15) is 13.2 Å². The number of aromatic carboxylic acids is 1. The largest absolute Gasteiger partial charge is 0.478 e. The van der Waals surface area contributed by atoms with E-state index in [0.29, 0.717) is 11.3 Å². The molecule has 1 N–H and O–H groups in total. The van der Waals surface area contributed by atoms with Crippen LogP contribution in [0.4, 0.5) is 13.2 Å². The number of rotatable bonds is 3. The van der Waals surface area contributed by atoms with Gasteiger partial charge in [-0.25, -0.2) is 14.8 Å². The molecule has 0 saturated heterocycles. The number of alkyl halides is 3. The first-order chi connectivity index (χ1) is 11.8. The van der Waals surface area contributed by atoms with Gasteiger partial charge in [0.05, 0.1) is 16.8 Å². The third kappa shape index (κ3) is 3.65. The van der Waals surface area contributed by atoms with Crippen molar-refractivity contribution in [1.29, 1.82) is 0 Å². The van der Waals surface area contributed by atoms with Crippen molar-refractivity contribution in [3.63, 3.8) is 0 Å². The predicted octanol–water partition coefficient (Wildman–Crippen LogP) is 4.53. The molecule has 0 aliphatic rings. The first kappa shape index (κ1) is 16.6. The molecule has 0 unspecified atom stereocenters. The van der Waals surface area contributed by atoms with Gasteiger partial charge in [-0.1, -0.05) is 24.3 Å². The molecule has 1 aromatic heterocycles. The van der Waals surface area contributed by atoms with E-state index in [1.165, 1.54) is 30.5 Å². The van der Waals surface area contributed by atoms with E-state index in [4.69, 9.17) is 5.11 Å². The van der Waals surface area contributed by atoms with Gasteiger partial charge in [-0.15, -0.1) is 0 Å². The summed E-state index contributed by atoms with van der Waals surface area (Å²) in [5, 5.41) is 8.91. The van der Waals surface area contributed by atoms with E-state index in [9.17, 15) is 18.0 Å². The van der Waals surface area contributed by atoms with Gasteiger partial charge < -0.3 is 5.11 Å². The van der Waals surface area contributed by atoms with Gasteiger partial charge in [0.25, 0.3) is 0 Å². The highest BCUT2D eigenvalue weighted by molar-refractivity contribution is 5.88. The molecule has 0 aliphatic carbocycles. The summed E-state index contributed by atoms with van der Waals surface area (Å²) in [4.78, 5) is 19.2. The zero-order chi connectivity index (χ0) is 18.0. The average molecular weight is 344 g/mol. The maximum atomic E-state index is 12.8. The van der Waals surface area contributed by atoms with Crippen molar-refractivity contribution in [3.8, 4) is 22.6 Å². The normalized spacial score (nSPS) is 11.3. The van der Waals surface area contributed by atoms with Gasteiger partial charge in [0, 0.05) is 17.3 Å². The molecule has 0 fully saturated rings. The molecule has 1 heterocycles. The molecule has 0 radical (unpaired) electrons. The number of carbonyl (C=O) groups is 1. The Morgan fingerprint density at radius 1 is 0.960 bits per heavy atom. The molecular formula is C18H11F3N2O2. The second kappa shape index (κ2) is 6.35. The highest BCUT2D eigenvalue weighted by atomic mass is 19.4. The lowest BCUT2D eigenvalue weighted by molar-refractivity contribution is -0.137. The Labute approximate surface area is 140 Å². The fourth-order valence-corrected chi connectivity index (χ4v) is 2.28. The Hall–Kier alpha value is -3.22. The number of nitrogens with zero attached hydrogens (tertiary/aromatic N) is 2. The van der Waals surface area contributed by atoms with Crippen molar-refractivity contribution in [3.05, 3.63) is 71.9 Å². The minimum absolute atomic E-state index is 0.135. The van der Waals surface area contributed by atoms with Gasteiger partial charge in [-0.3, -0.25) is 0 Å². The summed E-state index contributed by atoms with van der Waals surface area (Å²) in [6.07, 6.45) is -3.00. The summed E-state index contributed by atoms with van der Waals surface area (Å²) < 4.78 is 38.5. The van der Waals surface area contributed by atoms with E-state index < -0.39 is 17.7 Å².